The Kier molecular flexibility index (Phi) is 4.94. The van der Waals surface area contributed by atoms with Crippen LogP contribution in [0.2, 0.25) is 0 Å². The van der Waals surface area contributed by atoms with Crippen LogP contribution in [0, 0.1) is 11.8 Å². The highest BCUT2D eigenvalue weighted by Gasteiger charge is 2.37. The van der Waals surface area contributed by atoms with E-state index in [4.69, 9.17) is 0 Å². The van der Waals surface area contributed by atoms with E-state index in [1.165, 1.54) is 0 Å². The Morgan fingerprint density at radius 3 is 2.50 bits per heavy atom. The fraction of sp³-hybridized carbons (Fsp3) is 0.688. The normalized spacial score (nSPS) is 20.1. The van der Waals surface area contributed by atoms with Crippen molar-refractivity contribution >= 4 is 21.3 Å². The highest BCUT2D eigenvalue weighted by molar-refractivity contribution is 7.91. The molecule has 3 heterocycles. The van der Waals surface area contributed by atoms with Crippen molar-refractivity contribution in [3.63, 3.8) is 0 Å². The van der Waals surface area contributed by atoms with Crippen LogP contribution in [-0.4, -0.2) is 45.3 Å². The molecule has 3 rings (SSSR count). The van der Waals surface area contributed by atoms with Gasteiger partial charge in [0.15, 0.2) is 21.5 Å². The number of rotatable bonds is 4. The summed E-state index contributed by atoms with van der Waals surface area (Å²) in [6, 6.07) is 0. The highest BCUT2D eigenvalue weighted by atomic mass is 32.2. The summed E-state index contributed by atoms with van der Waals surface area (Å²) in [5.74, 6) is -2.13. The molecule has 0 atom stereocenters. The van der Waals surface area contributed by atoms with Crippen LogP contribution >= 0.6 is 0 Å². The molecule has 0 aromatic carbocycles. The quantitative estimate of drug-likeness (QED) is 0.774. The first-order chi connectivity index (χ1) is 11.5. The lowest BCUT2D eigenvalue weighted by atomic mass is 10.1. The van der Waals surface area contributed by atoms with E-state index in [-0.39, 0.29) is 23.8 Å². The molecule has 0 radical (unpaired) electrons. The third kappa shape index (κ3) is 3.08. The molecular formula is C16H23F2N3O2S. The first-order valence-electron chi connectivity index (χ1n) is 8.57. The van der Waals surface area contributed by atoms with E-state index in [0.717, 1.165) is 32.1 Å². The fourth-order valence-corrected chi connectivity index (χ4v) is 4.92. The molecule has 1 aromatic heterocycles. The number of fused-ring (bicyclic) bond motifs is 1. The van der Waals surface area contributed by atoms with Crippen molar-refractivity contribution in [1.29, 1.82) is 0 Å². The van der Waals surface area contributed by atoms with Gasteiger partial charge in [0.2, 0.25) is 5.95 Å². The van der Waals surface area contributed by atoms with Gasteiger partial charge in [-0.3, -0.25) is 0 Å². The molecule has 1 aromatic rings. The van der Waals surface area contributed by atoms with Gasteiger partial charge in [-0.05, 0) is 25.7 Å². The average Bonchev–Trinajstić information content (AvgIpc) is 2.57. The van der Waals surface area contributed by atoms with Crippen LogP contribution in [0.15, 0.2) is 4.90 Å². The molecule has 134 valence electrons. The molecule has 0 bridgehead atoms. The lowest BCUT2D eigenvalue weighted by molar-refractivity contribution is 0.499. The Balaban J connectivity index is 2.10. The van der Waals surface area contributed by atoms with Gasteiger partial charge in [-0.1, -0.05) is 13.3 Å². The Morgan fingerprint density at radius 1 is 1.12 bits per heavy atom. The number of anilines is 2. The smallest absolute Gasteiger partial charge is 0.239 e. The number of hydrogen-bond acceptors (Lipinski definition) is 5. The van der Waals surface area contributed by atoms with Crippen molar-refractivity contribution in [2.24, 2.45) is 0 Å². The Bertz CT molecular complexity index is 719. The number of hydrogen-bond donors (Lipinski definition) is 0. The number of pyridine rings is 1. The van der Waals surface area contributed by atoms with E-state index in [1.807, 2.05) is 6.92 Å². The molecule has 1 fully saturated rings. The first kappa shape index (κ1) is 17.4. The summed E-state index contributed by atoms with van der Waals surface area (Å²) in [7, 11) is -3.84. The number of unbranched alkanes of at least 4 members (excludes halogenated alkanes) is 1. The van der Waals surface area contributed by atoms with Crippen molar-refractivity contribution in [3.8, 4) is 0 Å². The van der Waals surface area contributed by atoms with Crippen LogP contribution in [0.4, 0.5) is 20.3 Å². The van der Waals surface area contributed by atoms with Gasteiger partial charge in [0.1, 0.15) is 10.6 Å². The molecular weight excluding hydrogens is 336 g/mol. The second kappa shape index (κ2) is 6.82. The van der Waals surface area contributed by atoms with Crippen molar-refractivity contribution in [2.75, 3.05) is 41.7 Å². The molecule has 24 heavy (non-hydrogen) atoms. The summed E-state index contributed by atoms with van der Waals surface area (Å²) in [4.78, 5) is 6.58. The van der Waals surface area contributed by atoms with Crippen LogP contribution in [0.25, 0.3) is 0 Å². The van der Waals surface area contributed by atoms with Gasteiger partial charge < -0.3 is 9.80 Å². The average molecular weight is 359 g/mol. The predicted molar refractivity (Wildman–Crippen MR) is 89.4 cm³/mol. The monoisotopic (exact) mass is 359 g/mol. The second-order valence-corrected chi connectivity index (χ2v) is 8.47. The highest BCUT2D eigenvalue weighted by Crippen LogP contribution is 2.38. The molecule has 0 spiro atoms. The van der Waals surface area contributed by atoms with Gasteiger partial charge in [0, 0.05) is 26.2 Å². The molecule has 1 saturated heterocycles. The van der Waals surface area contributed by atoms with Crippen molar-refractivity contribution in [2.45, 2.75) is 43.9 Å². The third-order valence-electron chi connectivity index (χ3n) is 4.70. The minimum Gasteiger partial charge on any atom is -0.366 e. The second-order valence-electron chi connectivity index (χ2n) is 6.43. The summed E-state index contributed by atoms with van der Waals surface area (Å²) < 4.78 is 54.6. The van der Waals surface area contributed by atoms with Gasteiger partial charge in [-0.15, -0.1) is 0 Å². The maximum absolute atomic E-state index is 15.0. The summed E-state index contributed by atoms with van der Waals surface area (Å²) in [5, 5.41) is 0. The number of nitrogens with zero attached hydrogens (tertiary/aromatic N) is 3. The van der Waals surface area contributed by atoms with Gasteiger partial charge >= 0.3 is 0 Å². The molecule has 0 aliphatic carbocycles. The Labute approximate surface area is 141 Å². The van der Waals surface area contributed by atoms with Crippen LogP contribution in [-0.2, 0) is 9.84 Å². The number of halogens is 2. The Morgan fingerprint density at radius 2 is 1.83 bits per heavy atom. The van der Waals surface area contributed by atoms with Crippen LogP contribution < -0.4 is 9.80 Å². The molecule has 2 aliphatic rings. The maximum Gasteiger partial charge on any atom is 0.239 e. The molecule has 0 amide bonds. The molecule has 8 heteroatoms. The van der Waals surface area contributed by atoms with Crippen LogP contribution in [0.1, 0.15) is 39.0 Å². The lowest BCUT2D eigenvalue weighted by Gasteiger charge is -2.33. The topological polar surface area (TPSA) is 53.5 Å². The molecule has 0 N–H and O–H groups in total. The zero-order chi connectivity index (χ0) is 17.3. The van der Waals surface area contributed by atoms with E-state index in [2.05, 4.69) is 4.98 Å². The largest absolute Gasteiger partial charge is 0.366 e. The minimum atomic E-state index is -3.84. The molecule has 0 unspecified atom stereocenters. The molecule has 2 aliphatic heterocycles. The summed E-state index contributed by atoms with van der Waals surface area (Å²) in [5.41, 5.74) is -0.187. The summed E-state index contributed by atoms with van der Waals surface area (Å²) >= 11 is 0. The van der Waals surface area contributed by atoms with Gasteiger partial charge in [-0.2, -0.15) is 9.37 Å². The lowest BCUT2D eigenvalue weighted by Crippen LogP contribution is -2.39. The SMILES string of the molecule is CCCCN1CCS(=O)(=O)c2c(F)c(N3CCCCC3)nc(F)c21. The summed E-state index contributed by atoms with van der Waals surface area (Å²) in [6.45, 7) is 3.82. The van der Waals surface area contributed by atoms with Crippen molar-refractivity contribution in [1.82, 2.24) is 4.98 Å². The summed E-state index contributed by atoms with van der Waals surface area (Å²) in [6.07, 6.45) is 4.45. The van der Waals surface area contributed by atoms with E-state index in [9.17, 15) is 12.8 Å². The van der Waals surface area contributed by atoms with E-state index < -0.39 is 26.5 Å². The standard InChI is InChI=1S/C16H23F2N3O2S/c1-2-3-7-20-10-11-24(22,23)14-12(17)16(19-15(18)13(14)20)21-8-5-4-6-9-21/h2-11H2,1H3. The fourth-order valence-electron chi connectivity index (χ4n) is 3.38. The third-order valence-corrected chi connectivity index (χ3v) is 6.42. The van der Waals surface area contributed by atoms with Gasteiger partial charge in [0.25, 0.3) is 0 Å². The zero-order valence-electron chi connectivity index (χ0n) is 13.9. The maximum atomic E-state index is 15.0. The molecule has 5 nitrogen and oxygen atoms in total. The van der Waals surface area contributed by atoms with Crippen LogP contribution in [0.3, 0.4) is 0 Å². The Hall–Kier alpha value is -1.44. The molecule has 0 saturated carbocycles. The number of aromatic nitrogens is 1. The van der Waals surface area contributed by atoms with Gasteiger partial charge in [-0.25, -0.2) is 12.8 Å². The van der Waals surface area contributed by atoms with E-state index >= 15 is 4.39 Å². The zero-order valence-corrected chi connectivity index (χ0v) is 14.7. The van der Waals surface area contributed by atoms with Crippen LogP contribution in [0.5, 0.6) is 0 Å². The van der Waals surface area contributed by atoms with Gasteiger partial charge in [0.05, 0.1) is 5.75 Å². The first-order valence-corrected chi connectivity index (χ1v) is 10.2. The van der Waals surface area contributed by atoms with Crippen molar-refractivity contribution in [3.05, 3.63) is 11.8 Å². The van der Waals surface area contributed by atoms with Crippen molar-refractivity contribution < 1.29 is 17.2 Å². The predicted octanol–water partition coefficient (Wildman–Crippen LogP) is 2.74. The number of sulfone groups is 1. The number of piperidine rings is 1. The van der Waals surface area contributed by atoms with E-state index in [0.29, 0.717) is 19.6 Å². The van der Waals surface area contributed by atoms with E-state index in [1.54, 1.807) is 9.80 Å². The minimum absolute atomic E-state index is 0.160.